The number of aromatic nitrogens is 1. The molecule has 1 aromatic carbocycles. The number of nitrogens with zero attached hydrogens (tertiary/aromatic N) is 2. The van der Waals surface area contributed by atoms with Gasteiger partial charge in [-0.25, -0.2) is 9.78 Å². The second-order valence-electron chi connectivity index (χ2n) is 5.27. The summed E-state index contributed by atoms with van der Waals surface area (Å²) in [5.74, 6) is -0.0868. The molecule has 1 N–H and O–H groups in total. The van der Waals surface area contributed by atoms with Crippen molar-refractivity contribution in [2.24, 2.45) is 5.92 Å². The number of rotatable bonds is 5. The van der Waals surface area contributed by atoms with Crippen LogP contribution in [0.1, 0.15) is 34.8 Å². The van der Waals surface area contributed by atoms with Crippen LogP contribution in [0.25, 0.3) is 10.6 Å². The van der Waals surface area contributed by atoms with E-state index in [2.05, 4.69) is 11.1 Å². The van der Waals surface area contributed by atoms with Crippen molar-refractivity contribution in [1.29, 1.82) is 5.26 Å². The minimum Gasteiger partial charge on any atom is -0.492 e. The number of aromatic carboxylic acids is 1. The number of thiazole rings is 1. The van der Waals surface area contributed by atoms with E-state index in [0.717, 1.165) is 11.3 Å². The smallest absolute Gasteiger partial charge is 0.347 e. The van der Waals surface area contributed by atoms with Crippen molar-refractivity contribution in [3.8, 4) is 22.4 Å². The summed E-state index contributed by atoms with van der Waals surface area (Å²) in [5.41, 5.74) is 1.61. The van der Waals surface area contributed by atoms with Gasteiger partial charge in [0.05, 0.1) is 17.9 Å². The summed E-state index contributed by atoms with van der Waals surface area (Å²) in [4.78, 5) is 15.6. The number of carbonyl (C=O) groups is 1. The Balaban J connectivity index is 0.00000264. The van der Waals surface area contributed by atoms with Crippen LogP contribution in [0.15, 0.2) is 18.2 Å². The largest absolute Gasteiger partial charge is 0.492 e. The van der Waals surface area contributed by atoms with Gasteiger partial charge in [0.15, 0.2) is 0 Å². The summed E-state index contributed by atoms with van der Waals surface area (Å²) >= 11 is 1.10. The van der Waals surface area contributed by atoms with Gasteiger partial charge in [0.2, 0.25) is 0 Å². The second kappa shape index (κ2) is 8.46. The summed E-state index contributed by atoms with van der Waals surface area (Å²) < 4.78 is 5.61. The molecule has 115 valence electrons. The van der Waals surface area contributed by atoms with Crippen molar-refractivity contribution >= 4 is 46.9 Å². The van der Waals surface area contributed by atoms with E-state index in [4.69, 9.17) is 9.84 Å². The van der Waals surface area contributed by atoms with Crippen LogP contribution < -0.4 is 4.74 Å². The van der Waals surface area contributed by atoms with Crippen LogP contribution in [0.2, 0.25) is 0 Å². The molecule has 0 saturated heterocycles. The number of carboxylic acids is 1. The molecule has 0 fully saturated rings. The van der Waals surface area contributed by atoms with Gasteiger partial charge in [0, 0.05) is 35.1 Å². The molecule has 5 nitrogen and oxygen atoms in total. The molecule has 0 aliphatic carbocycles. The van der Waals surface area contributed by atoms with Crippen LogP contribution in [0.4, 0.5) is 0 Å². The topological polar surface area (TPSA) is 83.2 Å². The molecule has 0 atom stereocenters. The van der Waals surface area contributed by atoms with Crippen molar-refractivity contribution < 1.29 is 14.6 Å². The molecule has 0 bridgehead atoms. The van der Waals surface area contributed by atoms with Crippen LogP contribution in [-0.2, 0) is 0 Å². The van der Waals surface area contributed by atoms with E-state index in [1.807, 2.05) is 13.8 Å². The first-order valence-electron chi connectivity index (χ1n) is 6.80. The maximum atomic E-state index is 11.1. The number of hydrogen-bond acceptors (Lipinski definition) is 5. The fourth-order valence-electron chi connectivity index (χ4n) is 1.85. The van der Waals surface area contributed by atoms with Crippen molar-refractivity contribution in [1.82, 2.24) is 4.98 Å². The molecule has 2 aromatic rings. The molecule has 1 radical (unpaired) electrons. The van der Waals surface area contributed by atoms with E-state index in [1.165, 1.54) is 0 Å². The summed E-state index contributed by atoms with van der Waals surface area (Å²) in [5, 5.41) is 18.9. The van der Waals surface area contributed by atoms with E-state index in [1.54, 1.807) is 25.1 Å². The van der Waals surface area contributed by atoms with E-state index in [0.29, 0.717) is 40.1 Å². The average Bonchev–Trinajstić information content (AvgIpc) is 2.87. The van der Waals surface area contributed by atoms with Crippen molar-refractivity contribution in [3.63, 3.8) is 0 Å². The fourth-order valence-corrected chi connectivity index (χ4v) is 2.75. The zero-order valence-corrected chi connectivity index (χ0v) is 16.4. The van der Waals surface area contributed by atoms with Gasteiger partial charge in [-0.3, -0.25) is 0 Å². The fraction of sp³-hybridized carbons (Fsp3) is 0.312. The molecule has 0 amide bonds. The second-order valence-corrected chi connectivity index (χ2v) is 6.27. The number of nitriles is 1. The van der Waals surface area contributed by atoms with Crippen molar-refractivity contribution in [2.75, 3.05) is 6.61 Å². The van der Waals surface area contributed by atoms with Gasteiger partial charge in [-0.15, -0.1) is 11.3 Å². The van der Waals surface area contributed by atoms with Gasteiger partial charge < -0.3 is 9.84 Å². The molecule has 0 aliphatic heterocycles. The summed E-state index contributed by atoms with van der Waals surface area (Å²) in [6.07, 6.45) is 0. The molecule has 0 saturated carbocycles. The number of hydrogen-bond donors (Lipinski definition) is 1. The molecule has 23 heavy (non-hydrogen) atoms. The first-order chi connectivity index (χ1) is 10.4. The van der Waals surface area contributed by atoms with E-state index < -0.39 is 5.97 Å². The molecule has 7 heteroatoms. The third kappa shape index (κ3) is 4.79. The Kier molecular flexibility index (Phi) is 7.23. The van der Waals surface area contributed by atoms with Gasteiger partial charge in [-0.1, -0.05) is 13.8 Å². The number of ether oxygens (including phenoxy) is 1. The van der Waals surface area contributed by atoms with Crippen LogP contribution in [0.5, 0.6) is 5.75 Å². The maximum absolute atomic E-state index is 11.1. The Labute approximate surface area is 161 Å². The normalized spacial score (nSPS) is 10.0. The third-order valence-electron chi connectivity index (χ3n) is 2.91. The number of aryl methyl sites for hydroxylation is 1. The summed E-state index contributed by atoms with van der Waals surface area (Å²) in [7, 11) is 0. The summed E-state index contributed by atoms with van der Waals surface area (Å²) in [6, 6.07) is 7.31. The Morgan fingerprint density at radius 2 is 2.17 bits per heavy atom. The standard InChI is InChI=1S/C16H16N2O3S.Na/c1-9(2)8-21-13-5-4-11(6-12(13)7-17)15-18-10(3)14(22-15)16(19)20;/h4-6,9H,8H2,1-3H3,(H,19,20);. The van der Waals surface area contributed by atoms with Crippen molar-refractivity contribution in [2.45, 2.75) is 20.8 Å². The zero-order chi connectivity index (χ0) is 16.3. The predicted octanol–water partition coefficient (Wildman–Crippen LogP) is 3.34. The Morgan fingerprint density at radius 3 is 2.70 bits per heavy atom. The van der Waals surface area contributed by atoms with Crippen LogP contribution in [0, 0.1) is 24.2 Å². The van der Waals surface area contributed by atoms with E-state index in [-0.39, 0.29) is 34.4 Å². The third-order valence-corrected chi connectivity index (χ3v) is 4.10. The zero-order valence-electron chi connectivity index (χ0n) is 13.6. The van der Waals surface area contributed by atoms with Gasteiger partial charge in [0.25, 0.3) is 0 Å². The maximum Gasteiger partial charge on any atom is 0.347 e. The molecule has 1 aromatic heterocycles. The van der Waals surface area contributed by atoms with Gasteiger partial charge >= 0.3 is 5.97 Å². The Hall–Kier alpha value is -1.39. The number of benzene rings is 1. The molecule has 2 rings (SSSR count). The van der Waals surface area contributed by atoms with Crippen LogP contribution >= 0.6 is 11.3 Å². The van der Waals surface area contributed by atoms with Gasteiger partial charge in [-0.05, 0) is 31.0 Å². The van der Waals surface area contributed by atoms with Crippen molar-refractivity contribution in [3.05, 3.63) is 34.3 Å². The van der Waals surface area contributed by atoms with Gasteiger partial charge in [0.1, 0.15) is 21.7 Å². The minimum atomic E-state index is -0.987. The SMILES string of the molecule is Cc1nc(-c2ccc(OCC(C)C)c(C#N)c2)sc1C(=O)O.[Na]. The summed E-state index contributed by atoms with van der Waals surface area (Å²) in [6.45, 7) is 6.26. The average molecular weight is 339 g/mol. The molecule has 0 spiro atoms. The van der Waals surface area contributed by atoms with E-state index >= 15 is 0 Å². The Bertz CT molecular complexity index is 750. The van der Waals surface area contributed by atoms with Crippen LogP contribution in [-0.4, -0.2) is 52.2 Å². The van der Waals surface area contributed by atoms with Crippen LogP contribution in [0.3, 0.4) is 0 Å². The number of carboxylic acid groups (broad SMARTS) is 1. The Morgan fingerprint density at radius 1 is 1.48 bits per heavy atom. The molecule has 0 aliphatic rings. The molecular weight excluding hydrogens is 323 g/mol. The molecule has 1 heterocycles. The predicted molar refractivity (Wildman–Crippen MR) is 90.0 cm³/mol. The minimum absolute atomic E-state index is 0. The first-order valence-corrected chi connectivity index (χ1v) is 7.62. The monoisotopic (exact) mass is 339 g/mol. The molecule has 0 unspecified atom stereocenters. The van der Waals surface area contributed by atoms with E-state index in [9.17, 15) is 10.1 Å². The first kappa shape index (κ1) is 19.7. The van der Waals surface area contributed by atoms with Gasteiger partial charge in [-0.2, -0.15) is 5.26 Å². The molecular formula is C16H16N2NaO3S. The quantitative estimate of drug-likeness (QED) is 0.845.